The van der Waals surface area contributed by atoms with Crippen LogP contribution in [0.5, 0.6) is 0 Å². The van der Waals surface area contributed by atoms with E-state index in [4.69, 9.17) is 4.52 Å². The predicted octanol–water partition coefficient (Wildman–Crippen LogP) is 1.75. The monoisotopic (exact) mass is 390 g/mol. The van der Waals surface area contributed by atoms with Gasteiger partial charge in [-0.2, -0.15) is 4.98 Å². The predicted molar refractivity (Wildman–Crippen MR) is 93.6 cm³/mol. The van der Waals surface area contributed by atoms with Gasteiger partial charge in [0.25, 0.3) is 5.91 Å². The largest absolute Gasteiger partial charge is 0.343 e. The van der Waals surface area contributed by atoms with Crippen LogP contribution in [0.1, 0.15) is 22.1 Å². The number of nitrogens with zero attached hydrogens (tertiary/aromatic N) is 3. The molecule has 0 aliphatic carbocycles. The number of amides is 1. The Balaban J connectivity index is 1.61. The van der Waals surface area contributed by atoms with E-state index in [2.05, 4.69) is 20.4 Å². The van der Waals surface area contributed by atoms with E-state index < -0.39 is 15.7 Å². The molecular formula is C17H15FN4O4S. The first-order valence-corrected chi connectivity index (χ1v) is 9.85. The zero-order chi connectivity index (χ0) is 19.4. The average Bonchev–Trinajstić information content (AvgIpc) is 3.05. The number of halogens is 1. The number of pyridine rings is 1. The Bertz CT molecular complexity index is 1060. The van der Waals surface area contributed by atoms with Crippen LogP contribution in [0.25, 0.3) is 11.3 Å². The summed E-state index contributed by atoms with van der Waals surface area (Å²) in [4.78, 5) is 20.2. The van der Waals surface area contributed by atoms with Gasteiger partial charge in [0.05, 0.1) is 17.8 Å². The lowest BCUT2D eigenvalue weighted by Crippen LogP contribution is -2.23. The Hall–Kier alpha value is -3.14. The molecule has 0 bridgehead atoms. The van der Waals surface area contributed by atoms with Crippen molar-refractivity contribution in [1.29, 1.82) is 0 Å². The first-order valence-electron chi connectivity index (χ1n) is 7.79. The second-order valence-electron chi connectivity index (χ2n) is 5.80. The van der Waals surface area contributed by atoms with Crippen LogP contribution in [-0.4, -0.2) is 35.7 Å². The lowest BCUT2D eigenvalue weighted by atomic mass is 10.1. The van der Waals surface area contributed by atoms with Crippen LogP contribution >= 0.6 is 0 Å². The Kier molecular flexibility index (Phi) is 5.26. The van der Waals surface area contributed by atoms with E-state index in [1.807, 2.05) is 0 Å². The molecule has 2 aromatic heterocycles. The van der Waals surface area contributed by atoms with Crippen LogP contribution in [0.4, 0.5) is 4.39 Å². The van der Waals surface area contributed by atoms with Crippen LogP contribution in [0, 0.1) is 5.82 Å². The second kappa shape index (κ2) is 7.62. The van der Waals surface area contributed by atoms with Crippen molar-refractivity contribution in [2.75, 3.05) is 6.26 Å². The van der Waals surface area contributed by atoms with Gasteiger partial charge in [-0.15, -0.1) is 0 Å². The third-order valence-electron chi connectivity index (χ3n) is 3.45. The van der Waals surface area contributed by atoms with Gasteiger partial charge >= 0.3 is 0 Å². The molecule has 0 radical (unpaired) electrons. The zero-order valence-electron chi connectivity index (χ0n) is 14.2. The standard InChI is InChI=1S/C17H15FN4O4S/c1-27(24,25)10-15-21-16(26-22-15)9-20-17(23)12-5-6-14(19-8-12)11-3-2-4-13(18)7-11/h2-8H,9-10H2,1H3,(H,20,23). The van der Waals surface area contributed by atoms with Crippen molar-refractivity contribution in [2.45, 2.75) is 12.3 Å². The maximum atomic E-state index is 13.3. The number of nitrogens with one attached hydrogen (secondary N) is 1. The molecule has 1 aromatic carbocycles. The number of hydrogen-bond acceptors (Lipinski definition) is 7. The van der Waals surface area contributed by atoms with Gasteiger partial charge in [0.1, 0.15) is 11.6 Å². The Morgan fingerprint density at radius 3 is 2.74 bits per heavy atom. The van der Waals surface area contributed by atoms with Gasteiger partial charge in [-0.1, -0.05) is 17.3 Å². The van der Waals surface area contributed by atoms with Crippen LogP contribution in [0.2, 0.25) is 0 Å². The summed E-state index contributed by atoms with van der Waals surface area (Å²) in [5, 5.41) is 6.12. The fraction of sp³-hybridized carbons (Fsp3) is 0.176. The molecule has 1 amide bonds. The summed E-state index contributed by atoms with van der Waals surface area (Å²) in [6.07, 6.45) is 2.43. The van der Waals surface area contributed by atoms with Gasteiger partial charge in [0.2, 0.25) is 5.89 Å². The third kappa shape index (κ3) is 5.17. The fourth-order valence-electron chi connectivity index (χ4n) is 2.26. The van der Waals surface area contributed by atoms with Crippen LogP contribution in [-0.2, 0) is 22.1 Å². The molecule has 2 heterocycles. The maximum absolute atomic E-state index is 13.3. The number of aromatic nitrogens is 3. The molecule has 0 aliphatic rings. The normalized spacial score (nSPS) is 11.3. The van der Waals surface area contributed by atoms with Crippen molar-refractivity contribution >= 4 is 15.7 Å². The number of carbonyl (C=O) groups is 1. The summed E-state index contributed by atoms with van der Waals surface area (Å²) < 4.78 is 40.5. The molecule has 0 aliphatic heterocycles. The highest BCUT2D eigenvalue weighted by atomic mass is 32.2. The highest BCUT2D eigenvalue weighted by Crippen LogP contribution is 2.18. The SMILES string of the molecule is CS(=O)(=O)Cc1noc(CNC(=O)c2ccc(-c3cccc(F)c3)nc2)n1. The molecule has 0 saturated heterocycles. The quantitative estimate of drug-likeness (QED) is 0.682. The van der Waals surface area contributed by atoms with Crippen molar-refractivity contribution < 1.29 is 22.1 Å². The summed E-state index contributed by atoms with van der Waals surface area (Å²) >= 11 is 0. The Morgan fingerprint density at radius 2 is 2.07 bits per heavy atom. The molecule has 3 aromatic rings. The molecule has 27 heavy (non-hydrogen) atoms. The minimum atomic E-state index is -3.27. The molecule has 10 heteroatoms. The lowest BCUT2D eigenvalue weighted by Gasteiger charge is -2.04. The lowest BCUT2D eigenvalue weighted by molar-refractivity contribution is 0.0946. The first kappa shape index (κ1) is 18.6. The van der Waals surface area contributed by atoms with E-state index >= 15 is 0 Å². The van der Waals surface area contributed by atoms with E-state index in [0.29, 0.717) is 16.8 Å². The van der Waals surface area contributed by atoms with E-state index in [1.54, 1.807) is 24.3 Å². The number of sulfone groups is 1. The number of benzene rings is 1. The summed E-state index contributed by atoms with van der Waals surface area (Å²) in [6, 6.07) is 9.16. The zero-order valence-corrected chi connectivity index (χ0v) is 15.0. The molecule has 0 spiro atoms. The van der Waals surface area contributed by atoms with Gasteiger partial charge < -0.3 is 9.84 Å². The van der Waals surface area contributed by atoms with Crippen LogP contribution < -0.4 is 5.32 Å². The summed E-state index contributed by atoms with van der Waals surface area (Å²) in [7, 11) is -3.27. The van der Waals surface area contributed by atoms with Crippen LogP contribution in [0.3, 0.4) is 0 Å². The van der Waals surface area contributed by atoms with E-state index in [0.717, 1.165) is 6.26 Å². The molecule has 0 saturated carbocycles. The molecule has 3 rings (SSSR count). The topological polar surface area (TPSA) is 115 Å². The molecule has 0 fully saturated rings. The molecule has 1 N–H and O–H groups in total. The smallest absolute Gasteiger partial charge is 0.253 e. The first-order chi connectivity index (χ1) is 12.8. The van der Waals surface area contributed by atoms with E-state index in [1.165, 1.54) is 18.3 Å². The summed E-state index contributed by atoms with van der Waals surface area (Å²) in [6.45, 7) is -0.0543. The van der Waals surface area contributed by atoms with Gasteiger partial charge in [-0.3, -0.25) is 9.78 Å². The minimum absolute atomic E-state index is 0.0304. The average molecular weight is 390 g/mol. The molecule has 8 nitrogen and oxygen atoms in total. The van der Waals surface area contributed by atoms with Crippen molar-refractivity contribution in [1.82, 2.24) is 20.4 Å². The third-order valence-corrected chi connectivity index (χ3v) is 4.23. The van der Waals surface area contributed by atoms with Gasteiger partial charge in [0, 0.05) is 18.0 Å². The fourth-order valence-corrected chi connectivity index (χ4v) is 2.85. The second-order valence-corrected chi connectivity index (χ2v) is 7.94. The van der Waals surface area contributed by atoms with Gasteiger partial charge in [-0.05, 0) is 24.3 Å². The Labute approximate surface area is 154 Å². The number of carbonyl (C=O) groups excluding carboxylic acids is 1. The van der Waals surface area contributed by atoms with Gasteiger partial charge in [0.15, 0.2) is 15.7 Å². The highest BCUT2D eigenvalue weighted by Gasteiger charge is 2.13. The van der Waals surface area contributed by atoms with Crippen molar-refractivity contribution in [3.05, 3.63) is 65.7 Å². The molecule has 0 atom stereocenters. The number of rotatable bonds is 6. The number of hydrogen-bond donors (Lipinski definition) is 1. The summed E-state index contributed by atoms with van der Waals surface area (Å²) in [5.41, 5.74) is 1.44. The van der Waals surface area contributed by atoms with E-state index in [-0.39, 0.29) is 29.8 Å². The van der Waals surface area contributed by atoms with Crippen molar-refractivity contribution in [3.63, 3.8) is 0 Å². The minimum Gasteiger partial charge on any atom is -0.343 e. The molecule has 0 unspecified atom stereocenters. The van der Waals surface area contributed by atoms with E-state index in [9.17, 15) is 17.6 Å². The Morgan fingerprint density at radius 1 is 1.26 bits per heavy atom. The summed E-state index contributed by atoms with van der Waals surface area (Å²) in [5.74, 6) is -1.01. The van der Waals surface area contributed by atoms with Crippen molar-refractivity contribution in [2.24, 2.45) is 0 Å². The van der Waals surface area contributed by atoms with Gasteiger partial charge in [-0.25, -0.2) is 12.8 Å². The molecule has 140 valence electrons. The van der Waals surface area contributed by atoms with Crippen LogP contribution in [0.15, 0.2) is 47.1 Å². The molecular weight excluding hydrogens is 375 g/mol. The maximum Gasteiger partial charge on any atom is 0.253 e. The highest BCUT2D eigenvalue weighted by molar-refractivity contribution is 7.89. The van der Waals surface area contributed by atoms with Crippen molar-refractivity contribution in [3.8, 4) is 11.3 Å².